The zero-order valence-electron chi connectivity index (χ0n) is 16.0. The van der Waals surface area contributed by atoms with Crippen molar-refractivity contribution in [3.05, 3.63) is 29.8 Å². The number of esters is 1. The lowest BCUT2D eigenvalue weighted by Gasteiger charge is -2.26. The number of hydrogen-bond donors (Lipinski definition) is 0. The molecule has 2 rings (SSSR count). The minimum atomic E-state index is -3.71. The molecule has 9 nitrogen and oxygen atoms in total. The molecule has 0 radical (unpaired) electrons. The van der Waals surface area contributed by atoms with Crippen LogP contribution in [0.3, 0.4) is 0 Å². The minimum Gasteiger partial charge on any atom is -0.452 e. The van der Waals surface area contributed by atoms with E-state index >= 15 is 0 Å². The number of carbonyl (C=O) groups excluding carboxylic acids is 2. The highest BCUT2D eigenvalue weighted by Crippen LogP contribution is 2.18. The van der Waals surface area contributed by atoms with E-state index < -0.39 is 44.4 Å². The Morgan fingerprint density at radius 1 is 1.25 bits per heavy atom. The Morgan fingerprint density at radius 2 is 1.93 bits per heavy atom. The van der Waals surface area contributed by atoms with E-state index in [1.54, 1.807) is 6.92 Å². The largest absolute Gasteiger partial charge is 0.452 e. The quantitative estimate of drug-likeness (QED) is 0.562. The molecule has 0 unspecified atom stereocenters. The highest BCUT2D eigenvalue weighted by molar-refractivity contribution is 7.91. The van der Waals surface area contributed by atoms with Crippen molar-refractivity contribution in [2.24, 2.45) is 0 Å². The molecule has 0 bridgehead atoms. The maximum atomic E-state index is 12.4. The molecule has 0 spiro atoms. The number of sulfone groups is 1. The van der Waals surface area contributed by atoms with Crippen molar-refractivity contribution in [2.75, 3.05) is 38.8 Å². The summed E-state index contributed by atoms with van der Waals surface area (Å²) in [6, 6.07) is 4.92. The monoisotopic (exact) mass is 432 g/mol. The van der Waals surface area contributed by atoms with E-state index in [9.17, 15) is 26.4 Å². The van der Waals surface area contributed by atoms with E-state index in [1.165, 1.54) is 43.3 Å². The van der Waals surface area contributed by atoms with Crippen molar-refractivity contribution in [3.8, 4) is 0 Å². The predicted octanol–water partition coefficient (Wildman–Crippen LogP) is 0.129. The van der Waals surface area contributed by atoms with Gasteiger partial charge in [-0.15, -0.1) is 0 Å². The third-order valence-corrected chi connectivity index (χ3v) is 8.05. The van der Waals surface area contributed by atoms with E-state index in [0.29, 0.717) is 13.0 Å². The van der Waals surface area contributed by atoms with Gasteiger partial charge in [-0.25, -0.2) is 25.9 Å². The standard InChI is InChI=1S/C17H24N2O7S2/c1-4-19(14-8-9-27(22,23)12-14)16(20)11-26-17(21)13-6-5-7-15(10-13)28(24,25)18(2)3/h5-7,10,14H,4,8-9,11-12H2,1-3H3/t14-/m0/s1. The summed E-state index contributed by atoms with van der Waals surface area (Å²) in [5.41, 5.74) is 0.00205. The molecule has 1 aromatic carbocycles. The van der Waals surface area contributed by atoms with Gasteiger partial charge in [-0.05, 0) is 31.5 Å². The molecule has 1 aromatic rings. The van der Waals surface area contributed by atoms with Gasteiger partial charge in [0.2, 0.25) is 10.0 Å². The topological polar surface area (TPSA) is 118 Å². The number of sulfonamides is 1. The van der Waals surface area contributed by atoms with E-state index in [2.05, 4.69) is 0 Å². The smallest absolute Gasteiger partial charge is 0.338 e. The Balaban J connectivity index is 2.04. The summed E-state index contributed by atoms with van der Waals surface area (Å²) in [6.45, 7) is 1.47. The Bertz CT molecular complexity index is 955. The highest BCUT2D eigenvalue weighted by Gasteiger charge is 2.34. The molecular weight excluding hydrogens is 408 g/mol. The second-order valence-electron chi connectivity index (χ2n) is 6.63. The maximum Gasteiger partial charge on any atom is 0.338 e. The van der Waals surface area contributed by atoms with Crippen LogP contribution < -0.4 is 0 Å². The molecule has 0 N–H and O–H groups in total. The molecule has 1 amide bonds. The van der Waals surface area contributed by atoms with Gasteiger partial charge in [-0.2, -0.15) is 0 Å². The van der Waals surface area contributed by atoms with E-state index in [-0.39, 0.29) is 22.0 Å². The van der Waals surface area contributed by atoms with Crippen molar-refractivity contribution in [1.29, 1.82) is 0 Å². The molecule has 1 saturated heterocycles. The molecule has 0 saturated carbocycles. The van der Waals surface area contributed by atoms with Crippen LogP contribution in [0.2, 0.25) is 0 Å². The predicted molar refractivity (Wildman–Crippen MR) is 102 cm³/mol. The van der Waals surface area contributed by atoms with Crippen molar-refractivity contribution in [1.82, 2.24) is 9.21 Å². The van der Waals surface area contributed by atoms with Gasteiger partial charge in [0.1, 0.15) is 0 Å². The zero-order valence-corrected chi connectivity index (χ0v) is 17.6. The average Bonchev–Trinajstić information content (AvgIpc) is 2.99. The first-order valence-electron chi connectivity index (χ1n) is 8.67. The van der Waals surface area contributed by atoms with Gasteiger partial charge in [-0.3, -0.25) is 4.79 Å². The summed E-state index contributed by atoms with van der Waals surface area (Å²) in [6.07, 6.45) is 0.361. The number of nitrogens with zero attached hydrogens (tertiary/aromatic N) is 2. The van der Waals surface area contributed by atoms with Crippen molar-refractivity contribution in [3.63, 3.8) is 0 Å². The third-order valence-electron chi connectivity index (χ3n) is 4.49. The van der Waals surface area contributed by atoms with Gasteiger partial charge < -0.3 is 9.64 Å². The van der Waals surface area contributed by atoms with E-state index in [0.717, 1.165) is 4.31 Å². The van der Waals surface area contributed by atoms with Crippen LogP contribution in [-0.2, 0) is 29.4 Å². The second kappa shape index (κ2) is 8.58. The SMILES string of the molecule is CCN(C(=O)COC(=O)c1cccc(S(=O)(=O)N(C)C)c1)[C@H]1CCS(=O)(=O)C1. The Kier molecular flexibility index (Phi) is 6.84. The van der Waals surface area contributed by atoms with E-state index in [4.69, 9.17) is 4.74 Å². The van der Waals surface area contributed by atoms with Crippen LogP contribution in [0, 0.1) is 0 Å². The summed E-state index contributed by atoms with van der Waals surface area (Å²) in [4.78, 5) is 25.9. The Morgan fingerprint density at radius 3 is 2.46 bits per heavy atom. The normalized spacial score (nSPS) is 18.8. The van der Waals surface area contributed by atoms with Crippen molar-refractivity contribution in [2.45, 2.75) is 24.3 Å². The number of amides is 1. The molecule has 0 aromatic heterocycles. The molecule has 1 heterocycles. The minimum absolute atomic E-state index is 0.00205. The van der Waals surface area contributed by atoms with Crippen LogP contribution in [0.15, 0.2) is 29.2 Å². The zero-order chi connectivity index (χ0) is 21.1. The summed E-state index contributed by atoms with van der Waals surface area (Å²) in [5.74, 6) is -1.38. The summed E-state index contributed by atoms with van der Waals surface area (Å²) in [7, 11) is -4.10. The van der Waals surface area contributed by atoms with Gasteiger partial charge in [0, 0.05) is 26.7 Å². The lowest BCUT2D eigenvalue weighted by atomic mass is 10.2. The fraction of sp³-hybridized carbons (Fsp3) is 0.529. The summed E-state index contributed by atoms with van der Waals surface area (Å²) >= 11 is 0. The molecule has 1 fully saturated rings. The molecule has 156 valence electrons. The van der Waals surface area contributed by atoms with Crippen LogP contribution in [0.1, 0.15) is 23.7 Å². The third kappa shape index (κ3) is 5.09. The molecule has 11 heteroatoms. The number of likely N-dealkylation sites (N-methyl/N-ethyl adjacent to an activating group) is 1. The fourth-order valence-electron chi connectivity index (χ4n) is 2.95. The summed E-state index contributed by atoms with van der Waals surface area (Å²) < 4.78 is 53.6. The van der Waals surface area contributed by atoms with Gasteiger partial charge in [0.25, 0.3) is 5.91 Å². The summed E-state index contributed by atoms with van der Waals surface area (Å²) in [5, 5.41) is 0. The fourth-order valence-corrected chi connectivity index (χ4v) is 5.63. The number of carbonyl (C=O) groups is 2. The first kappa shape index (κ1) is 22.3. The van der Waals surface area contributed by atoms with Gasteiger partial charge in [-0.1, -0.05) is 6.07 Å². The molecule has 1 atom stereocenters. The highest BCUT2D eigenvalue weighted by atomic mass is 32.2. The number of hydrogen-bond acceptors (Lipinski definition) is 7. The first-order chi connectivity index (χ1) is 13.0. The van der Waals surface area contributed by atoms with Crippen LogP contribution in [0.4, 0.5) is 0 Å². The molecular formula is C17H24N2O7S2. The first-order valence-corrected chi connectivity index (χ1v) is 11.9. The number of ether oxygens (including phenoxy) is 1. The number of benzene rings is 1. The van der Waals surface area contributed by atoms with Crippen LogP contribution in [-0.4, -0.2) is 82.7 Å². The Hall–Kier alpha value is -1.98. The van der Waals surface area contributed by atoms with Crippen molar-refractivity contribution < 1.29 is 31.2 Å². The van der Waals surface area contributed by atoms with Crippen LogP contribution >= 0.6 is 0 Å². The van der Waals surface area contributed by atoms with Gasteiger partial charge in [0.15, 0.2) is 16.4 Å². The number of rotatable bonds is 7. The second-order valence-corrected chi connectivity index (χ2v) is 11.0. The molecule has 0 aliphatic carbocycles. The van der Waals surface area contributed by atoms with Crippen LogP contribution in [0.5, 0.6) is 0 Å². The molecule has 1 aliphatic rings. The molecule has 1 aliphatic heterocycles. The van der Waals surface area contributed by atoms with Gasteiger partial charge in [0.05, 0.1) is 22.0 Å². The van der Waals surface area contributed by atoms with Crippen molar-refractivity contribution >= 4 is 31.7 Å². The lowest BCUT2D eigenvalue weighted by molar-refractivity contribution is -0.136. The van der Waals surface area contributed by atoms with E-state index in [1.807, 2.05) is 0 Å². The lowest BCUT2D eigenvalue weighted by Crippen LogP contribution is -2.43. The van der Waals surface area contributed by atoms with Gasteiger partial charge >= 0.3 is 5.97 Å². The average molecular weight is 433 g/mol. The van der Waals surface area contributed by atoms with Crippen LogP contribution in [0.25, 0.3) is 0 Å². The maximum absolute atomic E-state index is 12.4. The Labute approximate surface area is 165 Å². The molecule has 28 heavy (non-hydrogen) atoms.